The lowest BCUT2D eigenvalue weighted by molar-refractivity contribution is -0.125. The third-order valence-electron chi connectivity index (χ3n) is 4.29. The molecule has 1 aliphatic rings. The van der Waals surface area contributed by atoms with Gasteiger partial charge in [0.25, 0.3) is 0 Å². The number of rotatable bonds is 5. The van der Waals surface area contributed by atoms with E-state index in [1.165, 1.54) is 6.92 Å². The van der Waals surface area contributed by atoms with Crippen LogP contribution in [0, 0.1) is 0 Å². The van der Waals surface area contributed by atoms with E-state index < -0.39 is 0 Å². The number of hydrogen-bond acceptors (Lipinski definition) is 3. The molecule has 2 aromatic carbocycles. The van der Waals surface area contributed by atoms with Gasteiger partial charge in [-0.05, 0) is 42.3 Å². The number of benzene rings is 2. The van der Waals surface area contributed by atoms with Gasteiger partial charge in [0.2, 0.25) is 11.8 Å². The molecule has 1 aliphatic heterocycles. The molecule has 2 N–H and O–H groups in total. The molecule has 0 saturated carbocycles. The zero-order valence-electron chi connectivity index (χ0n) is 14.8. The van der Waals surface area contributed by atoms with E-state index in [4.69, 9.17) is 0 Å². The van der Waals surface area contributed by atoms with Gasteiger partial charge in [0, 0.05) is 43.5 Å². The first-order valence-corrected chi connectivity index (χ1v) is 8.76. The van der Waals surface area contributed by atoms with Crippen molar-refractivity contribution in [3.05, 3.63) is 66.2 Å². The van der Waals surface area contributed by atoms with Gasteiger partial charge in [0.15, 0.2) is 0 Å². The van der Waals surface area contributed by atoms with Crippen LogP contribution in [0.15, 0.2) is 60.7 Å². The summed E-state index contributed by atoms with van der Waals surface area (Å²) < 4.78 is 0. The fourth-order valence-corrected chi connectivity index (χ4v) is 3.00. The van der Waals surface area contributed by atoms with Gasteiger partial charge in [-0.15, -0.1) is 0 Å². The molecule has 5 heteroatoms. The summed E-state index contributed by atoms with van der Waals surface area (Å²) in [5, 5.41) is 6.19. The Kier molecular flexibility index (Phi) is 5.69. The first-order valence-electron chi connectivity index (χ1n) is 8.76. The molecule has 134 valence electrons. The lowest BCUT2D eigenvalue weighted by Crippen LogP contribution is -2.30. The molecular formula is C21H23N3O2. The summed E-state index contributed by atoms with van der Waals surface area (Å²) in [6.45, 7) is 2.94. The van der Waals surface area contributed by atoms with Gasteiger partial charge >= 0.3 is 0 Å². The van der Waals surface area contributed by atoms with E-state index in [0.29, 0.717) is 6.54 Å². The quantitative estimate of drug-likeness (QED) is 0.814. The Labute approximate surface area is 153 Å². The van der Waals surface area contributed by atoms with Gasteiger partial charge in [-0.3, -0.25) is 9.59 Å². The van der Waals surface area contributed by atoms with E-state index >= 15 is 0 Å². The van der Waals surface area contributed by atoms with E-state index in [2.05, 4.69) is 10.6 Å². The maximum absolute atomic E-state index is 12.4. The van der Waals surface area contributed by atoms with Crippen molar-refractivity contribution in [1.82, 2.24) is 4.90 Å². The predicted molar refractivity (Wildman–Crippen MR) is 105 cm³/mol. The van der Waals surface area contributed by atoms with Crippen molar-refractivity contribution in [3.8, 4) is 0 Å². The van der Waals surface area contributed by atoms with Crippen LogP contribution in [0.4, 0.5) is 11.4 Å². The zero-order valence-corrected chi connectivity index (χ0v) is 14.8. The Bertz CT molecular complexity index is 785. The molecule has 0 aliphatic carbocycles. The number of nitrogens with one attached hydrogen (secondary N) is 2. The van der Waals surface area contributed by atoms with Gasteiger partial charge in [-0.1, -0.05) is 30.3 Å². The van der Waals surface area contributed by atoms with Crippen molar-refractivity contribution in [2.75, 3.05) is 23.7 Å². The van der Waals surface area contributed by atoms with Gasteiger partial charge < -0.3 is 15.5 Å². The highest BCUT2D eigenvalue weighted by Crippen LogP contribution is 2.16. The second-order valence-corrected chi connectivity index (χ2v) is 6.42. The topological polar surface area (TPSA) is 61.4 Å². The van der Waals surface area contributed by atoms with Crippen LogP contribution in [-0.2, 0) is 9.59 Å². The monoisotopic (exact) mass is 349 g/mol. The molecule has 3 rings (SSSR count). The van der Waals surface area contributed by atoms with Crippen LogP contribution < -0.4 is 10.6 Å². The number of likely N-dealkylation sites (tertiary alicyclic amines) is 1. The molecule has 1 atom stereocenters. The highest BCUT2D eigenvalue weighted by atomic mass is 16.2. The van der Waals surface area contributed by atoms with Crippen LogP contribution in [-0.4, -0.2) is 35.8 Å². The Hall–Kier alpha value is -3.08. The Morgan fingerprint density at radius 2 is 1.77 bits per heavy atom. The molecule has 2 amide bonds. The van der Waals surface area contributed by atoms with Gasteiger partial charge in [-0.2, -0.15) is 0 Å². The molecule has 0 unspecified atom stereocenters. The molecule has 5 nitrogen and oxygen atoms in total. The number of amides is 2. The lowest BCUT2D eigenvalue weighted by Gasteiger charge is -2.16. The fraction of sp³-hybridized carbons (Fsp3) is 0.238. The zero-order chi connectivity index (χ0) is 18.4. The van der Waals surface area contributed by atoms with Crippen molar-refractivity contribution < 1.29 is 9.59 Å². The molecule has 1 saturated heterocycles. The average Bonchev–Trinajstić information content (AvgIpc) is 3.10. The van der Waals surface area contributed by atoms with Gasteiger partial charge in [-0.25, -0.2) is 0 Å². The summed E-state index contributed by atoms with van der Waals surface area (Å²) in [4.78, 5) is 25.3. The van der Waals surface area contributed by atoms with E-state index in [1.807, 2.05) is 59.5 Å². The number of nitrogens with zero attached hydrogens (tertiary/aromatic N) is 1. The number of carbonyl (C=O) groups is 2. The number of hydrogen-bond donors (Lipinski definition) is 2. The summed E-state index contributed by atoms with van der Waals surface area (Å²) in [7, 11) is 0. The summed E-state index contributed by atoms with van der Waals surface area (Å²) >= 11 is 0. The highest BCUT2D eigenvalue weighted by molar-refractivity contribution is 5.92. The standard InChI is InChI=1S/C21H23N3O2/c1-16(25)22-19-10-7-17(8-11-19)9-12-21(26)24-14-13-20(15-24)23-18-5-3-2-4-6-18/h2-12,20,23H,13-15H2,1H3,(H,22,25)/b12-9+/t20-/m0/s1. The summed E-state index contributed by atoms with van der Waals surface area (Å²) in [6.07, 6.45) is 4.36. The molecule has 1 heterocycles. The normalized spacial score (nSPS) is 16.7. The molecular weight excluding hydrogens is 326 g/mol. The molecule has 0 spiro atoms. The van der Waals surface area contributed by atoms with E-state index in [0.717, 1.165) is 29.9 Å². The summed E-state index contributed by atoms with van der Waals surface area (Å²) in [5.74, 6) is -0.0792. The first-order chi connectivity index (χ1) is 12.6. The second-order valence-electron chi connectivity index (χ2n) is 6.42. The summed E-state index contributed by atoms with van der Waals surface area (Å²) in [6, 6.07) is 17.7. The highest BCUT2D eigenvalue weighted by Gasteiger charge is 2.24. The Balaban J connectivity index is 1.52. The van der Waals surface area contributed by atoms with Crippen LogP contribution in [0.1, 0.15) is 18.9 Å². The fourth-order valence-electron chi connectivity index (χ4n) is 3.00. The summed E-state index contributed by atoms with van der Waals surface area (Å²) in [5.41, 5.74) is 2.75. The van der Waals surface area contributed by atoms with Crippen LogP contribution in [0.5, 0.6) is 0 Å². The molecule has 1 fully saturated rings. The van der Waals surface area contributed by atoms with Crippen LogP contribution in [0.2, 0.25) is 0 Å². The minimum absolute atomic E-state index is 0.0216. The van der Waals surface area contributed by atoms with Crippen LogP contribution in [0.3, 0.4) is 0 Å². The average molecular weight is 349 g/mol. The molecule has 26 heavy (non-hydrogen) atoms. The van der Waals surface area contributed by atoms with Crippen molar-refractivity contribution in [3.63, 3.8) is 0 Å². The van der Waals surface area contributed by atoms with Crippen LogP contribution in [0.25, 0.3) is 6.08 Å². The predicted octanol–water partition coefficient (Wildman–Crippen LogP) is 3.37. The lowest BCUT2D eigenvalue weighted by atomic mass is 10.2. The van der Waals surface area contributed by atoms with E-state index in [1.54, 1.807) is 12.2 Å². The first kappa shape index (κ1) is 17.7. The third-order valence-corrected chi connectivity index (χ3v) is 4.29. The Morgan fingerprint density at radius 3 is 2.46 bits per heavy atom. The van der Waals surface area contributed by atoms with Crippen molar-refractivity contribution in [1.29, 1.82) is 0 Å². The van der Waals surface area contributed by atoms with Gasteiger partial charge in [0.1, 0.15) is 0 Å². The van der Waals surface area contributed by atoms with Gasteiger partial charge in [0.05, 0.1) is 0 Å². The smallest absolute Gasteiger partial charge is 0.246 e. The maximum Gasteiger partial charge on any atom is 0.246 e. The minimum Gasteiger partial charge on any atom is -0.380 e. The van der Waals surface area contributed by atoms with Crippen molar-refractivity contribution >= 4 is 29.3 Å². The number of carbonyl (C=O) groups excluding carboxylic acids is 2. The van der Waals surface area contributed by atoms with Crippen LogP contribution >= 0.6 is 0 Å². The number of anilines is 2. The second kappa shape index (κ2) is 8.34. The molecule has 0 radical (unpaired) electrons. The van der Waals surface area contributed by atoms with Crippen molar-refractivity contribution in [2.24, 2.45) is 0 Å². The van der Waals surface area contributed by atoms with E-state index in [9.17, 15) is 9.59 Å². The SMILES string of the molecule is CC(=O)Nc1ccc(/C=C/C(=O)N2CC[C@H](Nc3ccccc3)C2)cc1. The minimum atomic E-state index is -0.101. The number of para-hydroxylation sites is 1. The molecule has 0 bridgehead atoms. The van der Waals surface area contributed by atoms with E-state index in [-0.39, 0.29) is 17.9 Å². The maximum atomic E-state index is 12.4. The van der Waals surface area contributed by atoms with Crippen molar-refractivity contribution in [2.45, 2.75) is 19.4 Å². The third kappa shape index (κ3) is 4.96. The molecule has 0 aromatic heterocycles. The molecule has 2 aromatic rings. The Morgan fingerprint density at radius 1 is 1.04 bits per heavy atom. The largest absolute Gasteiger partial charge is 0.380 e.